The minimum Gasteiger partial charge on any atom is -0.373 e. The molecule has 0 amide bonds. The maximum Gasteiger partial charge on any atom is 0.161 e. The zero-order chi connectivity index (χ0) is 13.5. The van der Waals surface area contributed by atoms with Crippen molar-refractivity contribution in [1.82, 2.24) is 14.9 Å². The van der Waals surface area contributed by atoms with Crippen molar-refractivity contribution in [3.8, 4) is 0 Å². The number of ether oxygens (including phenoxy) is 1. The molecule has 6 heteroatoms. The van der Waals surface area contributed by atoms with Crippen LogP contribution in [0.25, 0.3) is 0 Å². The minimum absolute atomic E-state index is 0.0346. The standard InChI is InChI=1S/C14H20N4OS/c1-15-13-10-7-20-8-11(10)16-14(17-13)12-5-18-4-2-3-9(18)6-19-12/h9,12H,2-8H2,1H3,(H,15,16,17). The van der Waals surface area contributed by atoms with Crippen LogP contribution in [-0.4, -0.2) is 47.7 Å². The Labute approximate surface area is 123 Å². The fourth-order valence-electron chi connectivity index (χ4n) is 3.39. The van der Waals surface area contributed by atoms with E-state index in [1.54, 1.807) is 0 Å². The van der Waals surface area contributed by atoms with Crippen molar-refractivity contribution in [1.29, 1.82) is 0 Å². The van der Waals surface area contributed by atoms with Crippen LogP contribution in [-0.2, 0) is 16.2 Å². The molecule has 0 bridgehead atoms. The van der Waals surface area contributed by atoms with E-state index in [1.807, 2.05) is 18.8 Å². The lowest BCUT2D eigenvalue weighted by molar-refractivity contribution is -0.0541. The number of anilines is 1. The lowest BCUT2D eigenvalue weighted by atomic mass is 10.1. The van der Waals surface area contributed by atoms with Gasteiger partial charge >= 0.3 is 0 Å². The monoisotopic (exact) mass is 292 g/mol. The number of aromatic nitrogens is 2. The van der Waals surface area contributed by atoms with Crippen LogP contribution in [0.5, 0.6) is 0 Å². The fraction of sp³-hybridized carbons (Fsp3) is 0.714. The maximum absolute atomic E-state index is 6.04. The highest BCUT2D eigenvalue weighted by molar-refractivity contribution is 7.98. The van der Waals surface area contributed by atoms with Crippen molar-refractivity contribution in [2.24, 2.45) is 0 Å². The van der Waals surface area contributed by atoms with Crippen molar-refractivity contribution in [2.45, 2.75) is 36.5 Å². The van der Waals surface area contributed by atoms with Crippen molar-refractivity contribution in [2.75, 3.05) is 32.1 Å². The molecule has 0 saturated carbocycles. The van der Waals surface area contributed by atoms with E-state index in [-0.39, 0.29) is 6.10 Å². The third-order valence-corrected chi connectivity index (χ3v) is 5.48. The van der Waals surface area contributed by atoms with Gasteiger partial charge in [-0.3, -0.25) is 4.90 Å². The van der Waals surface area contributed by atoms with E-state index in [4.69, 9.17) is 14.7 Å². The first-order chi connectivity index (χ1) is 9.85. The van der Waals surface area contributed by atoms with Crippen molar-refractivity contribution in [3.63, 3.8) is 0 Å². The summed E-state index contributed by atoms with van der Waals surface area (Å²) in [5.41, 5.74) is 2.47. The number of hydrogen-bond donors (Lipinski definition) is 1. The van der Waals surface area contributed by atoms with Gasteiger partial charge in [-0.1, -0.05) is 0 Å². The van der Waals surface area contributed by atoms with Crippen LogP contribution in [0.15, 0.2) is 0 Å². The fourth-order valence-corrected chi connectivity index (χ4v) is 4.44. The van der Waals surface area contributed by atoms with Crippen molar-refractivity contribution in [3.05, 3.63) is 17.1 Å². The van der Waals surface area contributed by atoms with Gasteiger partial charge in [-0.15, -0.1) is 0 Å². The molecular weight excluding hydrogens is 272 g/mol. The lowest BCUT2D eigenvalue weighted by Gasteiger charge is -2.34. The number of nitrogens with zero attached hydrogens (tertiary/aromatic N) is 3. The Balaban J connectivity index is 1.62. The molecule has 0 aromatic carbocycles. The molecule has 1 aromatic rings. The molecule has 2 saturated heterocycles. The number of fused-ring (bicyclic) bond motifs is 2. The molecule has 3 aliphatic heterocycles. The molecule has 0 aliphatic carbocycles. The molecule has 1 aromatic heterocycles. The van der Waals surface area contributed by atoms with E-state index in [9.17, 15) is 0 Å². The van der Waals surface area contributed by atoms with E-state index in [0.717, 1.165) is 36.3 Å². The number of nitrogens with one attached hydrogen (secondary N) is 1. The third kappa shape index (κ3) is 2.10. The van der Waals surface area contributed by atoms with E-state index >= 15 is 0 Å². The van der Waals surface area contributed by atoms with Crippen molar-refractivity contribution >= 4 is 17.6 Å². The predicted molar refractivity (Wildman–Crippen MR) is 79.9 cm³/mol. The summed E-state index contributed by atoms with van der Waals surface area (Å²) < 4.78 is 6.04. The second kappa shape index (κ2) is 5.16. The van der Waals surface area contributed by atoms with Crippen LogP contribution < -0.4 is 5.32 Å². The second-order valence-electron chi connectivity index (χ2n) is 5.71. The Morgan fingerprint density at radius 3 is 3.20 bits per heavy atom. The molecule has 108 valence electrons. The molecule has 5 nitrogen and oxygen atoms in total. The first kappa shape index (κ1) is 12.9. The molecular formula is C14H20N4OS. The Kier molecular flexibility index (Phi) is 3.32. The summed E-state index contributed by atoms with van der Waals surface area (Å²) in [7, 11) is 1.94. The summed E-state index contributed by atoms with van der Waals surface area (Å²) in [6, 6.07) is 0.625. The van der Waals surface area contributed by atoms with Gasteiger partial charge in [0.05, 0.1) is 12.3 Å². The summed E-state index contributed by atoms with van der Waals surface area (Å²) in [6.45, 7) is 2.97. The van der Waals surface area contributed by atoms with Crippen LogP contribution >= 0.6 is 11.8 Å². The molecule has 2 fully saturated rings. The predicted octanol–water partition coefficient (Wildman–Crippen LogP) is 1.80. The smallest absolute Gasteiger partial charge is 0.161 e. The summed E-state index contributed by atoms with van der Waals surface area (Å²) in [5, 5.41) is 3.22. The Bertz CT molecular complexity index is 524. The summed E-state index contributed by atoms with van der Waals surface area (Å²) in [4.78, 5) is 12.0. The first-order valence-electron chi connectivity index (χ1n) is 7.36. The van der Waals surface area contributed by atoms with E-state index in [1.165, 1.54) is 30.6 Å². The van der Waals surface area contributed by atoms with Gasteiger partial charge < -0.3 is 10.1 Å². The van der Waals surface area contributed by atoms with E-state index in [2.05, 4.69) is 10.2 Å². The van der Waals surface area contributed by atoms with E-state index in [0.29, 0.717) is 6.04 Å². The highest BCUT2D eigenvalue weighted by Gasteiger charge is 2.34. The van der Waals surface area contributed by atoms with Crippen LogP contribution in [0.2, 0.25) is 0 Å². The number of rotatable bonds is 2. The van der Waals surface area contributed by atoms with Crippen molar-refractivity contribution < 1.29 is 4.74 Å². The van der Waals surface area contributed by atoms with Gasteiger partial charge in [-0.25, -0.2) is 9.97 Å². The summed E-state index contributed by atoms with van der Waals surface area (Å²) >= 11 is 1.91. The molecule has 0 spiro atoms. The Hall–Kier alpha value is -0.850. The van der Waals surface area contributed by atoms with Gasteiger partial charge in [0.15, 0.2) is 5.82 Å². The zero-order valence-corrected chi connectivity index (χ0v) is 12.6. The summed E-state index contributed by atoms with van der Waals surface area (Å²) in [5.74, 6) is 3.87. The van der Waals surface area contributed by atoms with Gasteiger partial charge in [0.2, 0.25) is 0 Å². The van der Waals surface area contributed by atoms with Gasteiger partial charge in [0.1, 0.15) is 11.9 Å². The largest absolute Gasteiger partial charge is 0.373 e. The van der Waals surface area contributed by atoms with Gasteiger partial charge in [0, 0.05) is 36.7 Å². The van der Waals surface area contributed by atoms with Crippen LogP contribution in [0.4, 0.5) is 5.82 Å². The van der Waals surface area contributed by atoms with Gasteiger partial charge in [-0.05, 0) is 19.4 Å². The number of hydrogen-bond acceptors (Lipinski definition) is 6. The minimum atomic E-state index is 0.0346. The molecule has 3 aliphatic rings. The zero-order valence-electron chi connectivity index (χ0n) is 11.8. The van der Waals surface area contributed by atoms with Gasteiger partial charge in [0.25, 0.3) is 0 Å². The Morgan fingerprint density at radius 2 is 2.30 bits per heavy atom. The average molecular weight is 292 g/mol. The van der Waals surface area contributed by atoms with Gasteiger partial charge in [-0.2, -0.15) is 11.8 Å². The first-order valence-corrected chi connectivity index (χ1v) is 8.51. The third-order valence-electron chi connectivity index (χ3n) is 4.51. The molecule has 1 N–H and O–H groups in total. The molecule has 0 radical (unpaired) electrons. The second-order valence-corrected chi connectivity index (χ2v) is 6.70. The maximum atomic E-state index is 6.04. The topological polar surface area (TPSA) is 50.3 Å². The molecule has 2 atom stereocenters. The molecule has 2 unspecified atom stereocenters. The van der Waals surface area contributed by atoms with E-state index < -0.39 is 0 Å². The average Bonchev–Trinajstić information content (AvgIpc) is 3.13. The van der Waals surface area contributed by atoms with Crippen LogP contribution in [0, 0.1) is 0 Å². The van der Waals surface area contributed by atoms with Crippen LogP contribution in [0.1, 0.15) is 36.0 Å². The Morgan fingerprint density at radius 1 is 1.35 bits per heavy atom. The lowest BCUT2D eigenvalue weighted by Crippen LogP contribution is -2.43. The number of thioether (sulfide) groups is 1. The quantitative estimate of drug-likeness (QED) is 0.897. The highest BCUT2D eigenvalue weighted by atomic mass is 32.2. The summed E-state index contributed by atoms with van der Waals surface area (Å²) in [6.07, 6.45) is 2.60. The van der Waals surface area contributed by atoms with Crippen LogP contribution in [0.3, 0.4) is 0 Å². The SMILES string of the molecule is CNc1nc(C2CN3CCCC3CO2)nc2c1CSC2. The normalized spacial score (nSPS) is 29.2. The number of morpholine rings is 1. The molecule has 4 heterocycles. The molecule has 20 heavy (non-hydrogen) atoms. The highest BCUT2D eigenvalue weighted by Crippen LogP contribution is 2.35. The molecule has 4 rings (SSSR count).